The second-order valence-corrected chi connectivity index (χ2v) is 5.01. The first-order valence-corrected chi connectivity index (χ1v) is 6.86. The van der Waals surface area contributed by atoms with Gasteiger partial charge < -0.3 is 10.4 Å². The number of carboxylic acid groups (broad SMARTS) is 1. The monoisotopic (exact) mass is 291 g/mol. The van der Waals surface area contributed by atoms with Crippen molar-refractivity contribution < 1.29 is 14.7 Å². The van der Waals surface area contributed by atoms with Crippen LogP contribution in [0.5, 0.6) is 0 Å². The smallest absolute Gasteiger partial charge is 0.355 e. The highest BCUT2D eigenvalue weighted by molar-refractivity contribution is 7.09. The molecule has 0 bridgehead atoms. The average Bonchev–Trinajstić information content (AvgIpc) is 2.93. The van der Waals surface area contributed by atoms with E-state index in [1.165, 1.54) is 16.7 Å². The van der Waals surface area contributed by atoms with Gasteiger partial charge in [0.2, 0.25) is 5.91 Å². The van der Waals surface area contributed by atoms with Crippen LogP contribution < -0.4 is 5.32 Å². The highest BCUT2D eigenvalue weighted by atomic mass is 32.1. The van der Waals surface area contributed by atoms with Crippen LogP contribution in [0.1, 0.15) is 27.5 Å². The molecule has 2 aromatic rings. The molecule has 0 fully saturated rings. The summed E-state index contributed by atoms with van der Waals surface area (Å²) in [6.07, 6.45) is 4.40. The molecule has 0 saturated heterocycles. The lowest BCUT2D eigenvalue weighted by Gasteiger charge is -2.03. The number of hydrogen-bond acceptors (Lipinski definition) is 5. The van der Waals surface area contributed by atoms with Gasteiger partial charge >= 0.3 is 5.97 Å². The zero-order chi connectivity index (χ0) is 14.4. The Bertz CT molecular complexity index is 598. The first-order chi connectivity index (χ1) is 9.65. The molecule has 0 unspecified atom stereocenters. The third-order valence-electron chi connectivity index (χ3n) is 2.57. The molecule has 7 heteroatoms. The van der Waals surface area contributed by atoms with Crippen molar-refractivity contribution in [3.63, 3.8) is 0 Å². The van der Waals surface area contributed by atoms with Gasteiger partial charge in [0, 0.05) is 24.2 Å². The van der Waals surface area contributed by atoms with E-state index in [0.29, 0.717) is 17.8 Å². The van der Waals surface area contributed by atoms with Crippen molar-refractivity contribution in [1.29, 1.82) is 0 Å². The summed E-state index contributed by atoms with van der Waals surface area (Å²) in [6.45, 7) is 0.254. The number of rotatable bonds is 6. The molecule has 104 valence electrons. The second-order valence-electron chi connectivity index (χ2n) is 4.07. The van der Waals surface area contributed by atoms with E-state index < -0.39 is 5.97 Å². The van der Waals surface area contributed by atoms with E-state index in [-0.39, 0.29) is 18.1 Å². The van der Waals surface area contributed by atoms with E-state index in [4.69, 9.17) is 5.11 Å². The third kappa shape index (κ3) is 4.13. The minimum atomic E-state index is -1.06. The number of carbonyl (C=O) groups is 2. The SMILES string of the molecule is O=C(CCc1cccnc1)NCc1nc(C(=O)O)cs1. The van der Waals surface area contributed by atoms with Crippen molar-refractivity contribution >= 4 is 23.2 Å². The number of pyridine rings is 1. The van der Waals surface area contributed by atoms with Crippen molar-refractivity contribution in [2.45, 2.75) is 19.4 Å². The van der Waals surface area contributed by atoms with Crippen molar-refractivity contribution in [2.75, 3.05) is 0 Å². The number of hydrogen-bond donors (Lipinski definition) is 2. The number of carboxylic acids is 1. The van der Waals surface area contributed by atoms with Crippen LogP contribution in [0.2, 0.25) is 0 Å². The van der Waals surface area contributed by atoms with Crippen LogP contribution in [0.15, 0.2) is 29.9 Å². The summed E-state index contributed by atoms with van der Waals surface area (Å²) in [5.74, 6) is -1.16. The zero-order valence-electron chi connectivity index (χ0n) is 10.6. The highest BCUT2D eigenvalue weighted by Gasteiger charge is 2.09. The van der Waals surface area contributed by atoms with Gasteiger partial charge in [-0.05, 0) is 18.1 Å². The molecule has 1 amide bonds. The van der Waals surface area contributed by atoms with Crippen molar-refractivity contribution in [2.24, 2.45) is 0 Å². The maximum absolute atomic E-state index is 11.7. The van der Waals surface area contributed by atoms with E-state index in [9.17, 15) is 9.59 Å². The molecule has 2 rings (SSSR count). The summed E-state index contributed by atoms with van der Waals surface area (Å²) in [7, 11) is 0. The fraction of sp³-hybridized carbons (Fsp3) is 0.231. The molecular formula is C13H13N3O3S. The minimum absolute atomic E-state index is 0.00890. The van der Waals surface area contributed by atoms with Gasteiger partial charge in [-0.1, -0.05) is 6.07 Å². The van der Waals surface area contributed by atoms with Gasteiger partial charge in [-0.25, -0.2) is 9.78 Å². The normalized spacial score (nSPS) is 10.2. The summed E-state index contributed by atoms with van der Waals surface area (Å²) in [6, 6.07) is 3.75. The molecule has 2 aromatic heterocycles. The summed E-state index contributed by atoms with van der Waals surface area (Å²) < 4.78 is 0. The number of aromatic carboxylic acids is 1. The van der Waals surface area contributed by atoms with Gasteiger partial charge in [0.15, 0.2) is 5.69 Å². The lowest BCUT2D eigenvalue weighted by Crippen LogP contribution is -2.23. The first kappa shape index (κ1) is 14.1. The molecule has 0 aliphatic heterocycles. The molecule has 0 aliphatic rings. The molecular weight excluding hydrogens is 278 g/mol. The molecule has 0 spiro atoms. The van der Waals surface area contributed by atoms with Gasteiger partial charge in [-0.2, -0.15) is 0 Å². The van der Waals surface area contributed by atoms with Gasteiger partial charge in [-0.15, -0.1) is 11.3 Å². The second kappa shape index (κ2) is 6.76. The molecule has 0 radical (unpaired) electrons. The molecule has 0 atom stereocenters. The Labute approximate surface area is 119 Å². The van der Waals surface area contributed by atoms with E-state index in [2.05, 4.69) is 15.3 Å². The van der Waals surface area contributed by atoms with E-state index >= 15 is 0 Å². The maximum atomic E-state index is 11.7. The van der Waals surface area contributed by atoms with Crippen molar-refractivity contribution in [3.05, 3.63) is 46.2 Å². The number of nitrogens with zero attached hydrogens (tertiary/aromatic N) is 2. The van der Waals surface area contributed by atoms with E-state index in [1.807, 2.05) is 12.1 Å². The number of aryl methyl sites for hydroxylation is 1. The van der Waals surface area contributed by atoms with Crippen LogP contribution in [0.4, 0.5) is 0 Å². The summed E-state index contributed by atoms with van der Waals surface area (Å²) in [5.41, 5.74) is 1.01. The third-order valence-corrected chi connectivity index (χ3v) is 3.42. The number of carbonyl (C=O) groups excluding carboxylic acids is 1. The van der Waals surface area contributed by atoms with Gasteiger partial charge in [0.05, 0.1) is 6.54 Å². The lowest BCUT2D eigenvalue weighted by atomic mass is 10.1. The topological polar surface area (TPSA) is 92.2 Å². The largest absolute Gasteiger partial charge is 0.476 e. The van der Waals surface area contributed by atoms with E-state index in [0.717, 1.165) is 5.56 Å². The Morgan fingerprint density at radius 3 is 2.90 bits per heavy atom. The Morgan fingerprint density at radius 2 is 2.25 bits per heavy atom. The molecule has 2 heterocycles. The van der Waals surface area contributed by atoms with Gasteiger partial charge in [0.1, 0.15) is 5.01 Å². The predicted octanol–water partition coefficient (Wildman–Crippen LogP) is 1.49. The Morgan fingerprint density at radius 1 is 1.40 bits per heavy atom. The molecule has 0 aliphatic carbocycles. The van der Waals surface area contributed by atoms with Crippen LogP contribution in [0, 0.1) is 0 Å². The van der Waals surface area contributed by atoms with Gasteiger partial charge in [0.25, 0.3) is 0 Å². The van der Waals surface area contributed by atoms with E-state index in [1.54, 1.807) is 12.4 Å². The molecule has 0 saturated carbocycles. The number of thiazole rings is 1. The maximum Gasteiger partial charge on any atom is 0.355 e. The van der Waals surface area contributed by atoms with Gasteiger partial charge in [-0.3, -0.25) is 9.78 Å². The molecule has 2 N–H and O–H groups in total. The van der Waals surface area contributed by atoms with Crippen LogP contribution >= 0.6 is 11.3 Å². The average molecular weight is 291 g/mol. The predicted molar refractivity (Wildman–Crippen MR) is 73.5 cm³/mol. The number of amides is 1. The van der Waals surface area contributed by atoms with Crippen LogP contribution in [0.25, 0.3) is 0 Å². The van der Waals surface area contributed by atoms with Crippen molar-refractivity contribution in [3.8, 4) is 0 Å². The first-order valence-electron chi connectivity index (χ1n) is 5.98. The van der Waals surface area contributed by atoms with Crippen molar-refractivity contribution in [1.82, 2.24) is 15.3 Å². The number of aromatic nitrogens is 2. The zero-order valence-corrected chi connectivity index (χ0v) is 11.4. The summed E-state index contributed by atoms with van der Waals surface area (Å²) in [5, 5.41) is 13.5. The molecule has 0 aromatic carbocycles. The minimum Gasteiger partial charge on any atom is -0.476 e. The molecule has 6 nitrogen and oxygen atoms in total. The molecule has 20 heavy (non-hydrogen) atoms. The number of nitrogens with one attached hydrogen (secondary N) is 1. The highest BCUT2D eigenvalue weighted by Crippen LogP contribution is 2.09. The standard InChI is InChI=1S/C13H13N3O3S/c17-11(4-3-9-2-1-5-14-6-9)15-7-12-16-10(8-20-12)13(18)19/h1-2,5-6,8H,3-4,7H2,(H,15,17)(H,18,19). The summed E-state index contributed by atoms with van der Waals surface area (Å²) in [4.78, 5) is 30.2. The quantitative estimate of drug-likeness (QED) is 0.841. The van der Waals surface area contributed by atoms with Crippen LogP contribution in [-0.4, -0.2) is 27.0 Å². The van der Waals surface area contributed by atoms with Crippen LogP contribution in [-0.2, 0) is 17.8 Å². The Kier molecular flexibility index (Phi) is 4.78. The Hall–Kier alpha value is -2.28. The summed E-state index contributed by atoms with van der Waals surface area (Å²) >= 11 is 1.22. The Balaban J connectivity index is 1.76. The fourth-order valence-electron chi connectivity index (χ4n) is 1.56. The van der Waals surface area contributed by atoms with Crippen LogP contribution in [0.3, 0.4) is 0 Å². The fourth-order valence-corrected chi connectivity index (χ4v) is 2.26. The lowest BCUT2D eigenvalue weighted by molar-refractivity contribution is -0.121.